The maximum Gasteiger partial charge on any atom is 0.311 e. The third kappa shape index (κ3) is 14.2. The third-order valence-electron chi connectivity index (χ3n) is 5.29. The molecule has 0 saturated carbocycles. The second-order valence-corrected chi connectivity index (χ2v) is 8.06. The predicted octanol–water partition coefficient (Wildman–Crippen LogP) is 7.18. The van der Waals surface area contributed by atoms with Gasteiger partial charge in [-0.15, -0.1) is 0 Å². The van der Waals surface area contributed by atoms with Crippen molar-refractivity contribution in [2.24, 2.45) is 0 Å². The predicted molar refractivity (Wildman–Crippen MR) is 123 cm³/mol. The number of rotatable bonds is 18. The molecule has 0 aliphatic rings. The molecule has 0 amide bonds. The summed E-state index contributed by atoms with van der Waals surface area (Å²) in [6.07, 6.45) is 16.5. The lowest BCUT2D eigenvalue weighted by Gasteiger charge is -2.06. The van der Waals surface area contributed by atoms with Gasteiger partial charge in [0.05, 0.1) is 6.61 Å². The summed E-state index contributed by atoms with van der Waals surface area (Å²) < 4.78 is 10.2. The summed E-state index contributed by atoms with van der Waals surface area (Å²) in [6, 6.07) is 7.86. The molecule has 30 heavy (non-hydrogen) atoms. The number of hydrogen-bond donors (Lipinski definition) is 0. The zero-order valence-electron chi connectivity index (χ0n) is 19.3. The summed E-state index contributed by atoms with van der Waals surface area (Å²) in [5, 5.41) is 0. The SMILES string of the molecule is CCCCCCCCCCCCc1ccc(OC(=O)CCCCC(=O)OCC)cc1. The molecule has 0 saturated heterocycles. The van der Waals surface area contributed by atoms with Crippen LogP contribution in [0.25, 0.3) is 0 Å². The lowest BCUT2D eigenvalue weighted by molar-refractivity contribution is -0.143. The van der Waals surface area contributed by atoms with E-state index in [0.717, 1.165) is 6.42 Å². The van der Waals surface area contributed by atoms with E-state index in [9.17, 15) is 9.59 Å². The molecule has 1 aromatic rings. The van der Waals surface area contributed by atoms with Crippen molar-refractivity contribution >= 4 is 11.9 Å². The zero-order chi connectivity index (χ0) is 21.9. The summed E-state index contributed by atoms with van der Waals surface area (Å²) in [4.78, 5) is 23.2. The number of aryl methyl sites for hydroxylation is 1. The van der Waals surface area contributed by atoms with Gasteiger partial charge in [0.2, 0.25) is 0 Å². The number of esters is 2. The van der Waals surface area contributed by atoms with Gasteiger partial charge >= 0.3 is 11.9 Å². The normalized spacial score (nSPS) is 10.7. The number of carbonyl (C=O) groups is 2. The van der Waals surface area contributed by atoms with E-state index in [1.165, 1.54) is 69.8 Å². The molecule has 1 aromatic carbocycles. The van der Waals surface area contributed by atoms with Crippen LogP contribution in [-0.2, 0) is 20.7 Å². The van der Waals surface area contributed by atoms with Crippen LogP contribution in [-0.4, -0.2) is 18.5 Å². The average molecular weight is 419 g/mol. The number of unbranched alkanes of at least 4 members (excludes halogenated alkanes) is 10. The Hall–Kier alpha value is -1.84. The largest absolute Gasteiger partial charge is 0.466 e. The Labute approximate surface area is 183 Å². The number of carbonyl (C=O) groups excluding carboxylic acids is 2. The Kier molecular flexibility index (Phi) is 15.7. The van der Waals surface area contributed by atoms with Gasteiger partial charge in [-0.2, -0.15) is 0 Å². The molecule has 0 aromatic heterocycles. The van der Waals surface area contributed by atoms with Crippen molar-refractivity contribution in [1.82, 2.24) is 0 Å². The molecular weight excluding hydrogens is 376 g/mol. The number of ether oxygens (including phenoxy) is 2. The minimum Gasteiger partial charge on any atom is -0.466 e. The van der Waals surface area contributed by atoms with Crippen LogP contribution in [0.3, 0.4) is 0 Å². The topological polar surface area (TPSA) is 52.6 Å². The highest BCUT2D eigenvalue weighted by molar-refractivity contribution is 5.72. The van der Waals surface area contributed by atoms with E-state index < -0.39 is 0 Å². The van der Waals surface area contributed by atoms with E-state index in [1.54, 1.807) is 6.92 Å². The van der Waals surface area contributed by atoms with Crippen LogP contribution in [0.15, 0.2) is 24.3 Å². The van der Waals surface area contributed by atoms with Crippen LogP contribution >= 0.6 is 0 Å². The Morgan fingerprint density at radius 2 is 1.20 bits per heavy atom. The molecule has 0 spiro atoms. The standard InChI is InChI=1S/C26H42O4/c1-3-5-6-7-8-9-10-11-12-13-16-23-19-21-24(22-20-23)30-26(28)18-15-14-17-25(27)29-4-2/h19-22H,3-18H2,1-2H3. The maximum absolute atomic E-state index is 11.9. The highest BCUT2D eigenvalue weighted by Gasteiger charge is 2.07. The van der Waals surface area contributed by atoms with E-state index in [-0.39, 0.29) is 11.9 Å². The van der Waals surface area contributed by atoms with Gasteiger partial charge in [0.25, 0.3) is 0 Å². The molecule has 0 aliphatic heterocycles. The molecule has 4 heteroatoms. The Morgan fingerprint density at radius 3 is 1.77 bits per heavy atom. The lowest BCUT2D eigenvalue weighted by Crippen LogP contribution is -2.08. The van der Waals surface area contributed by atoms with E-state index in [4.69, 9.17) is 9.47 Å². The molecule has 0 heterocycles. The number of hydrogen-bond acceptors (Lipinski definition) is 4. The van der Waals surface area contributed by atoms with Gasteiger partial charge in [0.15, 0.2) is 0 Å². The summed E-state index contributed by atoms with van der Waals surface area (Å²) >= 11 is 0. The fourth-order valence-corrected chi connectivity index (χ4v) is 3.50. The molecule has 0 aliphatic carbocycles. The first-order chi connectivity index (χ1) is 14.7. The monoisotopic (exact) mass is 418 g/mol. The smallest absolute Gasteiger partial charge is 0.311 e. The van der Waals surface area contributed by atoms with Gasteiger partial charge in [-0.1, -0.05) is 76.8 Å². The fourth-order valence-electron chi connectivity index (χ4n) is 3.50. The second kappa shape index (κ2) is 18.0. The molecule has 4 nitrogen and oxygen atoms in total. The minimum absolute atomic E-state index is 0.205. The van der Waals surface area contributed by atoms with Crippen LogP contribution in [0.4, 0.5) is 0 Å². The molecule has 0 unspecified atom stereocenters. The molecule has 1 rings (SSSR count). The van der Waals surface area contributed by atoms with Crippen molar-refractivity contribution in [3.8, 4) is 5.75 Å². The summed E-state index contributed by atoms with van der Waals surface area (Å²) in [5.74, 6) is 0.141. The van der Waals surface area contributed by atoms with E-state index in [1.807, 2.05) is 12.1 Å². The molecular formula is C26H42O4. The average Bonchev–Trinajstić information content (AvgIpc) is 2.74. The van der Waals surface area contributed by atoms with Crippen molar-refractivity contribution in [2.75, 3.05) is 6.61 Å². The Balaban J connectivity index is 2.07. The van der Waals surface area contributed by atoms with Gasteiger partial charge in [0.1, 0.15) is 5.75 Å². The van der Waals surface area contributed by atoms with Crippen LogP contribution in [0.2, 0.25) is 0 Å². The second-order valence-electron chi connectivity index (χ2n) is 8.06. The van der Waals surface area contributed by atoms with Crippen LogP contribution in [0.1, 0.15) is 109 Å². The van der Waals surface area contributed by atoms with Gasteiger partial charge < -0.3 is 9.47 Å². The molecule has 0 radical (unpaired) electrons. The third-order valence-corrected chi connectivity index (χ3v) is 5.29. The van der Waals surface area contributed by atoms with Crippen LogP contribution in [0, 0.1) is 0 Å². The lowest BCUT2D eigenvalue weighted by atomic mass is 10.0. The van der Waals surface area contributed by atoms with Crippen molar-refractivity contribution < 1.29 is 19.1 Å². The van der Waals surface area contributed by atoms with E-state index in [2.05, 4.69) is 19.1 Å². The summed E-state index contributed by atoms with van der Waals surface area (Å²) in [6.45, 7) is 4.45. The summed E-state index contributed by atoms with van der Waals surface area (Å²) in [7, 11) is 0. The van der Waals surface area contributed by atoms with Crippen molar-refractivity contribution in [3.63, 3.8) is 0 Å². The van der Waals surface area contributed by atoms with Gasteiger partial charge in [-0.25, -0.2) is 0 Å². The van der Waals surface area contributed by atoms with E-state index in [0.29, 0.717) is 38.0 Å². The zero-order valence-corrected chi connectivity index (χ0v) is 19.3. The minimum atomic E-state index is -0.249. The van der Waals surface area contributed by atoms with Crippen molar-refractivity contribution in [1.29, 1.82) is 0 Å². The molecule has 0 N–H and O–H groups in total. The van der Waals surface area contributed by atoms with Gasteiger partial charge in [-0.05, 0) is 50.3 Å². The van der Waals surface area contributed by atoms with Crippen LogP contribution in [0.5, 0.6) is 5.75 Å². The molecule has 0 fully saturated rings. The van der Waals surface area contributed by atoms with Gasteiger partial charge in [-0.3, -0.25) is 9.59 Å². The molecule has 0 atom stereocenters. The molecule has 170 valence electrons. The maximum atomic E-state index is 11.9. The van der Waals surface area contributed by atoms with Crippen molar-refractivity contribution in [2.45, 2.75) is 110 Å². The van der Waals surface area contributed by atoms with Crippen molar-refractivity contribution in [3.05, 3.63) is 29.8 Å². The van der Waals surface area contributed by atoms with Crippen LogP contribution < -0.4 is 4.74 Å². The Bertz CT molecular complexity index is 565. The quantitative estimate of drug-likeness (QED) is 0.144. The highest BCUT2D eigenvalue weighted by Crippen LogP contribution is 2.16. The highest BCUT2D eigenvalue weighted by atomic mass is 16.5. The van der Waals surface area contributed by atoms with E-state index >= 15 is 0 Å². The summed E-state index contributed by atoms with van der Waals surface area (Å²) in [5.41, 5.74) is 1.30. The number of benzene rings is 1. The first kappa shape index (κ1) is 26.2. The molecule has 0 bridgehead atoms. The van der Waals surface area contributed by atoms with Gasteiger partial charge in [0, 0.05) is 12.8 Å². The Morgan fingerprint density at radius 1 is 0.667 bits per heavy atom. The first-order valence-corrected chi connectivity index (χ1v) is 12.1. The first-order valence-electron chi connectivity index (χ1n) is 12.1. The fraction of sp³-hybridized carbons (Fsp3) is 0.692.